The SMILES string of the molecule is CCCCCC(O)C=CC=CCC=CCC=CCCCC(=O)NCC(=O)O. The summed E-state index contributed by atoms with van der Waals surface area (Å²) in [7, 11) is 0. The van der Waals surface area contributed by atoms with Gasteiger partial charge in [0.25, 0.3) is 0 Å². The smallest absolute Gasteiger partial charge is 0.322 e. The first kappa shape index (κ1) is 24.9. The van der Waals surface area contributed by atoms with Crippen molar-refractivity contribution in [3.8, 4) is 0 Å². The number of aliphatic carboxylic acids is 1. The Morgan fingerprint density at radius 2 is 1.67 bits per heavy atom. The molecule has 0 aromatic carbocycles. The van der Waals surface area contributed by atoms with Crippen LogP contribution >= 0.6 is 0 Å². The minimum atomic E-state index is -1.03. The van der Waals surface area contributed by atoms with Gasteiger partial charge in [0.1, 0.15) is 6.54 Å². The van der Waals surface area contributed by atoms with Gasteiger partial charge in [0.2, 0.25) is 5.91 Å². The van der Waals surface area contributed by atoms with Crippen LogP contribution in [0, 0.1) is 0 Å². The molecular formula is C22H35NO4. The number of carboxylic acids is 1. The van der Waals surface area contributed by atoms with Crippen LogP contribution in [-0.2, 0) is 9.59 Å². The molecule has 0 radical (unpaired) electrons. The van der Waals surface area contributed by atoms with Crippen LogP contribution in [0.4, 0.5) is 0 Å². The Labute approximate surface area is 163 Å². The summed E-state index contributed by atoms with van der Waals surface area (Å²) >= 11 is 0. The van der Waals surface area contributed by atoms with Crippen molar-refractivity contribution in [2.75, 3.05) is 6.54 Å². The zero-order valence-electron chi connectivity index (χ0n) is 16.5. The zero-order chi connectivity index (χ0) is 20.2. The first-order valence-corrected chi connectivity index (χ1v) is 9.86. The molecule has 0 rings (SSSR count). The van der Waals surface area contributed by atoms with Gasteiger partial charge in [0.15, 0.2) is 0 Å². The second-order valence-electron chi connectivity index (χ2n) is 6.35. The molecule has 1 unspecified atom stereocenters. The lowest BCUT2D eigenvalue weighted by atomic mass is 10.1. The molecule has 0 saturated carbocycles. The Kier molecular flexibility index (Phi) is 17.2. The number of allylic oxidation sites excluding steroid dienone is 7. The van der Waals surface area contributed by atoms with E-state index in [1.807, 2.05) is 30.4 Å². The quantitative estimate of drug-likeness (QED) is 0.213. The average molecular weight is 378 g/mol. The maximum absolute atomic E-state index is 11.3. The van der Waals surface area contributed by atoms with Crippen LogP contribution in [0.1, 0.15) is 64.7 Å². The molecule has 3 N–H and O–H groups in total. The summed E-state index contributed by atoms with van der Waals surface area (Å²) < 4.78 is 0. The van der Waals surface area contributed by atoms with Crippen molar-refractivity contribution >= 4 is 11.9 Å². The van der Waals surface area contributed by atoms with E-state index in [2.05, 4.69) is 30.5 Å². The first-order valence-electron chi connectivity index (χ1n) is 9.86. The third kappa shape index (κ3) is 20.0. The molecule has 1 amide bonds. The highest BCUT2D eigenvalue weighted by Gasteiger charge is 2.02. The second-order valence-corrected chi connectivity index (χ2v) is 6.35. The number of carboxylic acid groups (broad SMARTS) is 1. The number of unbranched alkanes of at least 4 members (excludes halogenated alkanes) is 3. The number of carbonyl (C=O) groups is 2. The molecule has 27 heavy (non-hydrogen) atoms. The van der Waals surface area contributed by atoms with Crippen LogP contribution in [0.2, 0.25) is 0 Å². The molecule has 5 heteroatoms. The van der Waals surface area contributed by atoms with Gasteiger partial charge >= 0.3 is 5.97 Å². The van der Waals surface area contributed by atoms with Gasteiger partial charge in [-0.3, -0.25) is 9.59 Å². The van der Waals surface area contributed by atoms with Crippen molar-refractivity contribution < 1.29 is 19.8 Å². The van der Waals surface area contributed by atoms with E-state index in [4.69, 9.17) is 5.11 Å². The van der Waals surface area contributed by atoms with Crippen LogP contribution in [0.15, 0.2) is 48.6 Å². The molecule has 0 heterocycles. The Morgan fingerprint density at radius 1 is 0.963 bits per heavy atom. The number of hydrogen-bond donors (Lipinski definition) is 3. The summed E-state index contributed by atoms with van der Waals surface area (Å²) in [6.07, 6.45) is 23.5. The fraction of sp³-hybridized carbons (Fsp3) is 0.545. The number of aliphatic hydroxyl groups is 1. The molecule has 0 saturated heterocycles. The fourth-order valence-corrected chi connectivity index (χ4v) is 2.26. The topological polar surface area (TPSA) is 86.6 Å². The van der Waals surface area contributed by atoms with E-state index in [9.17, 15) is 14.7 Å². The van der Waals surface area contributed by atoms with Gasteiger partial charge in [-0.15, -0.1) is 0 Å². The minimum Gasteiger partial charge on any atom is -0.480 e. The van der Waals surface area contributed by atoms with Crippen LogP contribution in [-0.4, -0.2) is 34.7 Å². The van der Waals surface area contributed by atoms with Crippen molar-refractivity contribution in [3.05, 3.63) is 48.6 Å². The number of nitrogens with one attached hydrogen (secondary N) is 1. The van der Waals surface area contributed by atoms with E-state index >= 15 is 0 Å². The molecule has 0 bridgehead atoms. The molecule has 1 atom stereocenters. The molecule has 0 fully saturated rings. The third-order valence-electron chi connectivity index (χ3n) is 3.77. The van der Waals surface area contributed by atoms with Gasteiger partial charge in [-0.05, 0) is 32.1 Å². The summed E-state index contributed by atoms with van der Waals surface area (Å²) in [5.74, 6) is -1.25. The Hall–Kier alpha value is -2.14. The van der Waals surface area contributed by atoms with Crippen molar-refractivity contribution in [2.24, 2.45) is 0 Å². The van der Waals surface area contributed by atoms with Crippen molar-refractivity contribution in [3.63, 3.8) is 0 Å². The monoisotopic (exact) mass is 377 g/mol. The summed E-state index contributed by atoms with van der Waals surface area (Å²) in [5.41, 5.74) is 0. The predicted molar refractivity (Wildman–Crippen MR) is 110 cm³/mol. The van der Waals surface area contributed by atoms with Crippen molar-refractivity contribution in [2.45, 2.75) is 70.8 Å². The number of carbonyl (C=O) groups excluding carboxylic acids is 1. The lowest BCUT2D eigenvalue weighted by Crippen LogP contribution is -2.28. The molecule has 0 aliphatic carbocycles. The Balaban J connectivity index is 3.61. The van der Waals surface area contributed by atoms with E-state index < -0.39 is 5.97 Å². The molecule has 0 aromatic rings. The van der Waals surface area contributed by atoms with Crippen LogP contribution < -0.4 is 5.32 Å². The van der Waals surface area contributed by atoms with E-state index in [0.717, 1.165) is 32.1 Å². The predicted octanol–water partition coefficient (Wildman–Crippen LogP) is 4.30. The van der Waals surface area contributed by atoms with Crippen LogP contribution in [0.25, 0.3) is 0 Å². The number of aliphatic hydroxyl groups excluding tert-OH is 1. The fourth-order valence-electron chi connectivity index (χ4n) is 2.26. The lowest BCUT2D eigenvalue weighted by molar-refractivity contribution is -0.137. The molecule has 0 aliphatic heterocycles. The van der Waals surface area contributed by atoms with E-state index in [1.54, 1.807) is 0 Å². The maximum atomic E-state index is 11.3. The molecular weight excluding hydrogens is 342 g/mol. The summed E-state index contributed by atoms with van der Waals surface area (Å²) in [5, 5.41) is 20.5. The van der Waals surface area contributed by atoms with Crippen molar-refractivity contribution in [1.29, 1.82) is 0 Å². The average Bonchev–Trinajstić information content (AvgIpc) is 2.64. The second kappa shape index (κ2) is 18.6. The highest BCUT2D eigenvalue weighted by molar-refractivity contribution is 5.80. The third-order valence-corrected chi connectivity index (χ3v) is 3.77. The number of hydrogen-bond acceptors (Lipinski definition) is 3. The van der Waals surface area contributed by atoms with Crippen LogP contribution in [0.5, 0.6) is 0 Å². The van der Waals surface area contributed by atoms with Gasteiger partial charge in [-0.1, -0.05) is 74.8 Å². The van der Waals surface area contributed by atoms with Gasteiger partial charge in [0, 0.05) is 6.42 Å². The van der Waals surface area contributed by atoms with Gasteiger partial charge in [0.05, 0.1) is 6.10 Å². The highest BCUT2D eigenvalue weighted by atomic mass is 16.4. The standard InChI is InChI=1S/C22H35NO4/c1-2-3-13-16-20(24)17-14-11-9-7-5-4-6-8-10-12-15-18-21(25)23-19-22(26)27/h4-5,8-11,14,17,20,24H,2-3,6-7,12-13,15-16,18-19H2,1H3,(H,23,25)(H,26,27). The zero-order valence-corrected chi connectivity index (χ0v) is 16.5. The number of amides is 1. The normalized spacial score (nSPS) is 13.3. The van der Waals surface area contributed by atoms with E-state index in [1.165, 1.54) is 12.8 Å². The first-order chi connectivity index (χ1) is 13.1. The Morgan fingerprint density at radius 3 is 2.37 bits per heavy atom. The van der Waals surface area contributed by atoms with Crippen LogP contribution in [0.3, 0.4) is 0 Å². The van der Waals surface area contributed by atoms with Gasteiger partial charge in [-0.25, -0.2) is 0 Å². The van der Waals surface area contributed by atoms with E-state index in [0.29, 0.717) is 12.8 Å². The minimum absolute atomic E-state index is 0.222. The summed E-state index contributed by atoms with van der Waals surface area (Å²) in [6.45, 7) is 1.84. The van der Waals surface area contributed by atoms with Gasteiger partial charge in [-0.2, -0.15) is 0 Å². The van der Waals surface area contributed by atoms with Gasteiger partial charge < -0.3 is 15.5 Å². The maximum Gasteiger partial charge on any atom is 0.322 e. The lowest BCUT2D eigenvalue weighted by Gasteiger charge is -2.02. The molecule has 0 aromatic heterocycles. The summed E-state index contributed by atoms with van der Waals surface area (Å²) in [4.78, 5) is 21.6. The van der Waals surface area contributed by atoms with Crippen molar-refractivity contribution in [1.82, 2.24) is 5.32 Å². The summed E-state index contributed by atoms with van der Waals surface area (Å²) in [6, 6.07) is 0. The largest absolute Gasteiger partial charge is 0.480 e. The molecule has 0 spiro atoms. The van der Waals surface area contributed by atoms with E-state index in [-0.39, 0.29) is 18.6 Å². The Bertz CT molecular complexity index is 506. The highest BCUT2D eigenvalue weighted by Crippen LogP contribution is 2.04. The molecule has 0 aliphatic rings. The number of rotatable bonds is 16. The molecule has 5 nitrogen and oxygen atoms in total. The molecule has 152 valence electrons.